The number of benzene rings is 1. The highest BCUT2D eigenvalue weighted by atomic mass is 16.6. The van der Waals surface area contributed by atoms with Gasteiger partial charge in [0.05, 0.1) is 24.7 Å². The fourth-order valence-corrected chi connectivity index (χ4v) is 1.32. The van der Waals surface area contributed by atoms with Crippen molar-refractivity contribution in [2.24, 2.45) is 0 Å². The molecule has 0 aromatic heterocycles. The van der Waals surface area contributed by atoms with Gasteiger partial charge in [-0.05, 0) is 12.1 Å². The van der Waals surface area contributed by atoms with Crippen LogP contribution in [0.4, 0.5) is 11.4 Å². The Morgan fingerprint density at radius 1 is 1.32 bits per heavy atom. The molecule has 0 fully saturated rings. The van der Waals surface area contributed by atoms with Gasteiger partial charge in [0.2, 0.25) is 0 Å². The maximum absolute atomic E-state index is 11.3. The SMILES string of the molecule is COC(=O)CNc1ccc(C(=O)OC)cc1[N+](=O)[O-]. The second-order valence-corrected chi connectivity index (χ2v) is 3.41. The summed E-state index contributed by atoms with van der Waals surface area (Å²) >= 11 is 0. The van der Waals surface area contributed by atoms with Crippen molar-refractivity contribution >= 4 is 23.3 Å². The van der Waals surface area contributed by atoms with Crippen LogP contribution in [0.5, 0.6) is 0 Å². The molecule has 1 aromatic carbocycles. The third kappa shape index (κ3) is 3.66. The molecule has 8 nitrogen and oxygen atoms in total. The quantitative estimate of drug-likeness (QED) is 0.481. The number of nitrogens with one attached hydrogen (secondary N) is 1. The van der Waals surface area contributed by atoms with E-state index in [-0.39, 0.29) is 23.5 Å². The van der Waals surface area contributed by atoms with Gasteiger partial charge in [0.1, 0.15) is 12.2 Å². The van der Waals surface area contributed by atoms with Crippen LogP contribution in [0, 0.1) is 10.1 Å². The summed E-state index contributed by atoms with van der Waals surface area (Å²) in [5, 5.41) is 13.5. The topological polar surface area (TPSA) is 108 Å². The van der Waals surface area contributed by atoms with Crippen molar-refractivity contribution in [1.82, 2.24) is 0 Å². The second kappa shape index (κ2) is 6.34. The number of ether oxygens (including phenoxy) is 2. The van der Waals surface area contributed by atoms with E-state index >= 15 is 0 Å². The molecule has 0 aliphatic heterocycles. The maximum Gasteiger partial charge on any atom is 0.338 e. The van der Waals surface area contributed by atoms with Crippen LogP contribution < -0.4 is 5.32 Å². The van der Waals surface area contributed by atoms with Crippen molar-refractivity contribution in [2.45, 2.75) is 0 Å². The molecule has 0 unspecified atom stereocenters. The number of rotatable bonds is 5. The van der Waals surface area contributed by atoms with Crippen LogP contribution in [-0.2, 0) is 14.3 Å². The molecule has 8 heteroatoms. The number of carbonyl (C=O) groups excluding carboxylic acids is 2. The molecule has 0 atom stereocenters. The lowest BCUT2D eigenvalue weighted by molar-refractivity contribution is -0.384. The van der Waals surface area contributed by atoms with Gasteiger partial charge in [-0.25, -0.2) is 4.79 Å². The Labute approximate surface area is 108 Å². The zero-order chi connectivity index (χ0) is 14.4. The Morgan fingerprint density at radius 2 is 2.00 bits per heavy atom. The predicted octanol–water partition coefficient (Wildman–Crippen LogP) is 0.966. The van der Waals surface area contributed by atoms with E-state index in [1.807, 2.05) is 0 Å². The fourth-order valence-electron chi connectivity index (χ4n) is 1.32. The summed E-state index contributed by atoms with van der Waals surface area (Å²) in [6.07, 6.45) is 0. The maximum atomic E-state index is 11.3. The van der Waals surface area contributed by atoms with E-state index in [1.54, 1.807) is 0 Å². The minimum absolute atomic E-state index is 0.0535. The van der Waals surface area contributed by atoms with Crippen LogP contribution in [0.25, 0.3) is 0 Å². The van der Waals surface area contributed by atoms with Crippen LogP contribution >= 0.6 is 0 Å². The van der Waals surface area contributed by atoms with Crippen molar-refractivity contribution in [1.29, 1.82) is 0 Å². The normalized spacial score (nSPS) is 9.58. The van der Waals surface area contributed by atoms with Crippen LogP contribution in [0.3, 0.4) is 0 Å². The van der Waals surface area contributed by atoms with Crippen LogP contribution in [0.1, 0.15) is 10.4 Å². The number of nitro groups is 1. The van der Waals surface area contributed by atoms with Gasteiger partial charge in [0.15, 0.2) is 0 Å². The molecular formula is C11H12N2O6. The van der Waals surface area contributed by atoms with Gasteiger partial charge in [-0.15, -0.1) is 0 Å². The molecule has 0 spiro atoms. The van der Waals surface area contributed by atoms with Crippen molar-refractivity contribution in [3.05, 3.63) is 33.9 Å². The molecule has 0 aliphatic carbocycles. The molecule has 1 rings (SSSR count). The van der Waals surface area contributed by atoms with Gasteiger partial charge in [-0.2, -0.15) is 0 Å². The molecule has 0 saturated carbocycles. The summed E-state index contributed by atoms with van der Waals surface area (Å²) in [5.41, 5.74) is -0.160. The molecular weight excluding hydrogens is 256 g/mol. The molecule has 102 valence electrons. The molecule has 1 N–H and O–H groups in total. The highest BCUT2D eigenvalue weighted by molar-refractivity contribution is 5.91. The van der Waals surface area contributed by atoms with Gasteiger partial charge in [0.25, 0.3) is 5.69 Å². The summed E-state index contributed by atoms with van der Waals surface area (Å²) in [5.74, 6) is -1.24. The Kier molecular flexibility index (Phi) is 4.81. The van der Waals surface area contributed by atoms with Crippen LogP contribution in [0.2, 0.25) is 0 Å². The molecule has 1 aromatic rings. The molecule has 0 radical (unpaired) electrons. The summed E-state index contributed by atoms with van der Waals surface area (Å²) in [6, 6.07) is 3.76. The number of nitrogens with zero attached hydrogens (tertiary/aromatic N) is 1. The molecule has 0 saturated heterocycles. The largest absolute Gasteiger partial charge is 0.468 e. The summed E-state index contributed by atoms with van der Waals surface area (Å²) in [4.78, 5) is 32.5. The molecule has 0 bridgehead atoms. The first-order valence-corrected chi connectivity index (χ1v) is 5.17. The van der Waals surface area contributed by atoms with Gasteiger partial charge >= 0.3 is 11.9 Å². The van der Waals surface area contributed by atoms with Gasteiger partial charge in [0, 0.05) is 6.07 Å². The highest BCUT2D eigenvalue weighted by Crippen LogP contribution is 2.25. The van der Waals surface area contributed by atoms with E-state index in [9.17, 15) is 19.7 Å². The summed E-state index contributed by atoms with van der Waals surface area (Å²) in [6.45, 7) is -0.213. The monoisotopic (exact) mass is 268 g/mol. The summed E-state index contributed by atoms with van der Waals surface area (Å²) in [7, 11) is 2.39. The van der Waals surface area contributed by atoms with Crippen molar-refractivity contribution in [3.63, 3.8) is 0 Å². The predicted molar refractivity (Wildman–Crippen MR) is 64.9 cm³/mol. The minimum atomic E-state index is -0.678. The van der Waals surface area contributed by atoms with Crippen molar-refractivity contribution < 1.29 is 24.0 Å². The number of nitro benzene ring substituents is 1. The van der Waals surface area contributed by atoms with E-state index in [0.29, 0.717) is 0 Å². The van der Waals surface area contributed by atoms with E-state index in [4.69, 9.17) is 0 Å². The first kappa shape index (κ1) is 14.4. The third-order valence-corrected chi connectivity index (χ3v) is 2.27. The number of methoxy groups -OCH3 is 2. The molecule has 0 amide bonds. The number of carbonyl (C=O) groups is 2. The Morgan fingerprint density at radius 3 is 2.53 bits per heavy atom. The first-order chi connectivity index (χ1) is 8.99. The Hall–Kier alpha value is -2.64. The van der Waals surface area contributed by atoms with E-state index in [2.05, 4.69) is 14.8 Å². The number of hydrogen-bond donors (Lipinski definition) is 1. The molecule has 19 heavy (non-hydrogen) atoms. The van der Waals surface area contributed by atoms with E-state index in [0.717, 1.165) is 6.07 Å². The second-order valence-electron chi connectivity index (χ2n) is 3.41. The average molecular weight is 268 g/mol. The molecule has 0 aliphatic rings. The van der Waals surface area contributed by atoms with Gasteiger partial charge in [-0.1, -0.05) is 0 Å². The zero-order valence-corrected chi connectivity index (χ0v) is 10.3. The van der Waals surface area contributed by atoms with E-state index < -0.39 is 16.9 Å². The Balaban J connectivity index is 3.01. The fraction of sp³-hybridized carbons (Fsp3) is 0.273. The Bertz CT molecular complexity index is 514. The summed E-state index contributed by atoms with van der Waals surface area (Å²) < 4.78 is 8.88. The van der Waals surface area contributed by atoms with Crippen LogP contribution in [-0.4, -0.2) is 37.6 Å². The average Bonchev–Trinajstić information content (AvgIpc) is 2.43. The zero-order valence-electron chi connectivity index (χ0n) is 10.3. The van der Waals surface area contributed by atoms with Crippen molar-refractivity contribution in [2.75, 3.05) is 26.1 Å². The number of anilines is 1. The lowest BCUT2D eigenvalue weighted by Crippen LogP contribution is -2.16. The lowest BCUT2D eigenvalue weighted by Gasteiger charge is -2.07. The first-order valence-electron chi connectivity index (χ1n) is 5.17. The van der Waals surface area contributed by atoms with Crippen molar-refractivity contribution in [3.8, 4) is 0 Å². The number of esters is 2. The van der Waals surface area contributed by atoms with Crippen LogP contribution in [0.15, 0.2) is 18.2 Å². The minimum Gasteiger partial charge on any atom is -0.468 e. The standard InChI is InChI=1S/C11H12N2O6/c1-18-10(14)6-12-8-4-3-7(11(15)19-2)5-9(8)13(16)17/h3-5,12H,6H2,1-2H3. The molecule has 0 heterocycles. The van der Waals surface area contributed by atoms with Gasteiger partial charge < -0.3 is 14.8 Å². The lowest BCUT2D eigenvalue weighted by atomic mass is 10.1. The third-order valence-electron chi connectivity index (χ3n) is 2.27. The highest BCUT2D eigenvalue weighted by Gasteiger charge is 2.18. The smallest absolute Gasteiger partial charge is 0.338 e. The number of hydrogen-bond acceptors (Lipinski definition) is 7. The van der Waals surface area contributed by atoms with E-state index in [1.165, 1.54) is 26.4 Å². The van der Waals surface area contributed by atoms with Gasteiger partial charge in [-0.3, -0.25) is 14.9 Å².